The minimum absolute atomic E-state index is 0.0257. The maximum Gasteiger partial charge on any atom is 0.522 e. The van der Waals surface area contributed by atoms with E-state index in [0.29, 0.717) is 29.2 Å². The van der Waals surface area contributed by atoms with Gasteiger partial charge in [0, 0.05) is 34.7 Å². The van der Waals surface area contributed by atoms with E-state index < -0.39 is 24.7 Å². The number of carbonyl (C=O) groups is 1. The van der Waals surface area contributed by atoms with Crippen molar-refractivity contribution < 1.29 is 32.5 Å². The third-order valence-electron chi connectivity index (χ3n) is 7.63. The summed E-state index contributed by atoms with van der Waals surface area (Å²) in [5.74, 6) is 0.182. The van der Waals surface area contributed by atoms with E-state index in [0.717, 1.165) is 25.0 Å². The number of amides is 1. The predicted molar refractivity (Wildman–Crippen MR) is 113 cm³/mol. The van der Waals surface area contributed by atoms with E-state index in [1.807, 2.05) is 16.9 Å². The first-order chi connectivity index (χ1) is 16.0. The first-order valence-electron chi connectivity index (χ1n) is 11.3. The van der Waals surface area contributed by atoms with Crippen LogP contribution in [0.2, 0.25) is 5.02 Å². The summed E-state index contributed by atoms with van der Waals surface area (Å²) in [5.41, 5.74) is 0.902. The second kappa shape index (κ2) is 7.35. The molecule has 2 heterocycles. The Morgan fingerprint density at radius 3 is 2.68 bits per heavy atom. The molecule has 1 amide bonds. The molecule has 182 valence electrons. The molecule has 0 saturated heterocycles. The van der Waals surface area contributed by atoms with Gasteiger partial charge in [0.25, 0.3) is 5.91 Å². The summed E-state index contributed by atoms with van der Waals surface area (Å²) >= 11 is 5.98. The molecule has 2 bridgehead atoms. The molecule has 4 fully saturated rings. The van der Waals surface area contributed by atoms with Crippen LogP contribution in [0.5, 0.6) is 5.75 Å². The third-order valence-corrected chi connectivity index (χ3v) is 7.86. The zero-order valence-electron chi connectivity index (χ0n) is 18.0. The van der Waals surface area contributed by atoms with Gasteiger partial charge in [-0.1, -0.05) is 11.6 Å². The molecule has 0 unspecified atom stereocenters. The summed E-state index contributed by atoms with van der Waals surface area (Å²) in [7, 11) is 0. The predicted octanol–water partition coefficient (Wildman–Crippen LogP) is 3.95. The van der Waals surface area contributed by atoms with E-state index >= 15 is 0 Å². The second-order valence-electron chi connectivity index (χ2n) is 10.1. The molecule has 5 aliphatic rings. The zero-order valence-corrected chi connectivity index (χ0v) is 18.8. The van der Waals surface area contributed by atoms with E-state index in [1.54, 1.807) is 18.2 Å². The van der Waals surface area contributed by atoms with Crippen LogP contribution in [0.4, 0.5) is 13.2 Å². The number of fused-ring (bicyclic) bond motifs is 1. The Balaban J connectivity index is 1.03. The molecule has 34 heavy (non-hydrogen) atoms. The summed E-state index contributed by atoms with van der Waals surface area (Å²) in [6.45, 7) is 0. The highest BCUT2D eigenvalue weighted by Crippen LogP contribution is 2.65. The van der Waals surface area contributed by atoms with Crippen LogP contribution in [0.25, 0.3) is 0 Å². The molecule has 2 atom stereocenters. The number of aliphatic hydroxyl groups excluding tert-OH is 1. The largest absolute Gasteiger partial charge is 0.522 e. The number of benzene rings is 1. The lowest BCUT2D eigenvalue weighted by Gasteiger charge is -2.70. The number of aromatic nitrogens is 2. The first-order valence-corrected chi connectivity index (χ1v) is 11.7. The molecule has 2 N–H and O–H groups in total. The fourth-order valence-corrected chi connectivity index (χ4v) is 6.12. The minimum atomic E-state index is -4.60. The molecule has 1 aliphatic heterocycles. The Morgan fingerprint density at radius 2 is 1.97 bits per heavy atom. The van der Waals surface area contributed by atoms with Crippen LogP contribution >= 0.6 is 11.6 Å². The number of carbonyl (C=O) groups excluding carboxylic acids is 1. The monoisotopic (exact) mass is 497 g/mol. The summed E-state index contributed by atoms with van der Waals surface area (Å²) in [5, 5.41) is 18.7. The molecule has 4 saturated carbocycles. The van der Waals surface area contributed by atoms with Gasteiger partial charge in [-0.3, -0.25) is 14.2 Å². The van der Waals surface area contributed by atoms with Crippen LogP contribution in [-0.2, 0) is 15.1 Å². The van der Waals surface area contributed by atoms with E-state index in [-0.39, 0.29) is 29.3 Å². The minimum Gasteiger partial charge on any atom is -0.480 e. The molecular weight excluding hydrogens is 475 g/mol. The lowest BCUT2D eigenvalue weighted by atomic mass is 9.44. The number of hydrogen-bond acceptors (Lipinski definition) is 5. The summed E-state index contributed by atoms with van der Waals surface area (Å²) in [6.07, 6.45) is -2.15. The third kappa shape index (κ3) is 3.67. The fourth-order valence-electron chi connectivity index (χ4n) is 5.94. The summed E-state index contributed by atoms with van der Waals surface area (Å²) < 4.78 is 48.8. The highest BCUT2D eigenvalue weighted by Gasteiger charge is 2.70. The Bertz CT molecular complexity index is 1130. The molecule has 7 nitrogen and oxygen atoms in total. The van der Waals surface area contributed by atoms with Gasteiger partial charge in [-0.15, -0.1) is 13.2 Å². The molecule has 0 radical (unpaired) electrons. The summed E-state index contributed by atoms with van der Waals surface area (Å²) in [6, 6.07) is 6.82. The lowest BCUT2D eigenvalue weighted by molar-refractivity contribution is -0.351. The van der Waals surface area contributed by atoms with Crippen molar-refractivity contribution in [1.82, 2.24) is 15.1 Å². The Morgan fingerprint density at radius 1 is 1.24 bits per heavy atom. The number of ether oxygens (including phenoxy) is 2. The van der Waals surface area contributed by atoms with Gasteiger partial charge in [-0.25, -0.2) is 0 Å². The normalized spacial score (nSPS) is 35.8. The van der Waals surface area contributed by atoms with Gasteiger partial charge in [0.1, 0.15) is 5.75 Å². The zero-order chi connectivity index (χ0) is 23.9. The van der Waals surface area contributed by atoms with Gasteiger partial charge in [-0.2, -0.15) is 5.10 Å². The van der Waals surface area contributed by atoms with E-state index in [4.69, 9.17) is 16.3 Å². The van der Waals surface area contributed by atoms with Crippen molar-refractivity contribution in [3.8, 4) is 5.75 Å². The van der Waals surface area contributed by atoms with Gasteiger partial charge < -0.3 is 15.2 Å². The van der Waals surface area contributed by atoms with E-state index in [9.17, 15) is 23.1 Å². The van der Waals surface area contributed by atoms with Crippen molar-refractivity contribution in [2.24, 2.45) is 0 Å². The lowest BCUT2D eigenvalue weighted by Crippen LogP contribution is -2.79. The highest BCUT2D eigenvalue weighted by molar-refractivity contribution is 6.30. The number of nitrogens with one attached hydrogen (secondary N) is 1. The Kier molecular flexibility index (Phi) is 4.80. The molecule has 4 aliphatic carbocycles. The number of alkyl halides is 3. The number of nitrogens with zero attached hydrogens (tertiary/aromatic N) is 2. The van der Waals surface area contributed by atoms with Gasteiger partial charge in [-0.05, 0) is 56.4 Å². The van der Waals surface area contributed by atoms with Crippen LogP contribution < -0.4 is 10.1 Å². The van der Waals surface area contributed by atoms with Crippen molar-refractivity contribution in [3.05, 3.63) is 46.7 Å². The maximum atomic E-state index is 12.9. The van der Waals surface area contributed by atoms with Crippen molar-refractivity contribution in [2.45, 2.75) is 80.2 Å². The average Bonchev–Trinajstić information content (AvgIpc) is 3.14. The van der Waals surface area contributed by atoms with Crippen LogP contribution in [0.15, 0.2) is 30.5 Å². The SMILES string of the molecule is O=C(NC12CC(n3ccc([C@H]4C[C@@H](OC(F)(F)F)C4)n3)(C1)C2)[C@H]1C[C@@H](O)c2cc(Cl)ccc2O1. The van der Waals surface area contributed by atoms with Crippen LogP contribution in [-0.4, -0.2) is 44.9 Å². The van der Waals surface area contributed by atoms with Crippen molar-refractivity contribution in [1.29, 1.82) is 0 Å². The van der Waals surface area contributed by atoms with Crippen molar-refractivity contribution in [2.75, 3.05) is 0 Å². The molecule has 2 aromatic rings. The summed E-state index contributed by atoms with van der Waals surface area (Å²) in [4.78, 5) is 12.9. The van der Waals surface area contributed by atoms with Crippen LogP contribution in [0.1, 0.15) is 61.8 Å². The smallest absolute Gasteiger partial charge is 0.480 e. The van der Waals surface area contributed by atoms with Gasteiger partial charge in [0.05, 0.1) is 23.4 Å². The molecule has 7 rings (SSSR count). The molecule has 1 aromatic heterocycles. The van der Waals surface area contributed by atoms with E-state index in [1.165, 1.54) is 0 Å². The Labute approximate surface area is 198 Å². The van der Waals surface area contributed by atoms with Crippen molar-refractivity contribution in [3.63, 3.8) is 0 Å². The number of rotatable bonds is 5. The molecule has 0 spiro atoms. The van der Waals surface area contributed by atoms with Crippen LogP contribution in [0, 0.1) is 0 Å². The number of aliphatic hydroxyl groups is 1. The molecule has 1 aromatic carbocycles. The highest BCUT2D eigenvalue weighted by atomic mass is 35.5. The fraction of sp³-hybridized carbons (Fsp3) is 0.565. The van der Waals surface area contributed by atoms with Crippen LogP contribution in [0.3, 0.4) is 0 Å². The van der Waals surface area contributed by atoms with Gasteiger partial charge >= 0.3 is 6.36 Å². The van der Waals surface area contributed by atoms with Gasteiger partial charge in [0.15, 0.2) is 6.10 Å². The average molecular weight is 498 g/mol. The molecular formula is C23H23ClF3N3O4. The Hall–Kier alpha value is -2.30. The second-order valence-corrected chi connectivity index (χ2v) is 10.5. The maximum absolute atomic E-state index is 12.9. The first kappa shape index (κ1) is 22.2. The van der Waals surface area contributed by atoms with Gasteiger partial charge in [0.2, 0.25) is 0 Å². The number of hydrogen-bond donors (Lipinski definition) is 2. The standard InChI is InChI=1S/C23H23ClF3N3O4/c24-13-1-2-18-15(7-13)17(31)8-19(33-18)20(32)28-21-9-22(10-21,11-21)30-4-3-16(29-30)12-5-14(6-12)34-23(25,26)27/h1-4,7,12,14,17,19,31H,5-6,8-11H2,(H,28,32)/t12-,14+,17-,19-,21?,22?/m1/s1. The quantitative estimate of drug-likeness (QED) is 0.653. The number of halogens is 4. The topological polar surface area (TPSA) is 85.6 Å². The molecule has 11 heteroatoms. The van der Waals surface area contributed by atoms with E-state index in [2.05, 4.69) is 15.2 Å². The van der Waals surface area contributed by atoms with Crippen molar-refractivity contribution >= 4 is 17.5 Å².